The van der Waals surface area contributed by atoms with Crippen LogP contribution >= 0.6 is 0 Å². The van der Waals surface area contributed by atoms with Crippen molar-refractivity contribution in [3.63, 3.8) is 0 Å². The van der Waals surface area contributed by atoms with Gasteiger partial charge >= 0.3 is 5.97 Å². The summed E-state index contributed by atoms with van der Waals surface area (Å²) in [6, 6.07) is 8.94. The summed E-state index contributed by atoms with van der Waals surface area (Å²) >= 11 is 0. The maximum atomic E-state index is 11.9. The van der Waals surface area contributed by atoms with Crippen molar-refractivity contribution in [1.29, 1.82) is 0 Å². The minimum absolute atomic E-state index is 0.150. The Hall–Kier alpha value is -2.08. The fraction of sp³-hybridized carbons (Fsp3) is 0.615. The average molecular weight is 399 g/mol. The summed E-state index contributed by atoms with van der Waals surface area (Å²) in [7, 11) is 0. The van der Waals surface area contributed by atoms with Crippen LogP contribution in [0.25, 0.3) is 0 Å². The van der Waals surface area contributed by atoms with E-state index in [1.165, 1.54) is 57.8 Å². The van der Waals surface area contributed by atoms with Gasteiger partial charge in [-0.15, -0.1) is 11.8 Å². The molecule has 0 aliphatic heterocycles. The molecule has 0 atom stereocenters. The van der Waals surface area contributed by atoms with E-state index in [0.29, 0.717) is 12.0 Å². The quantitative estimate of drug-likeness (QED) is 0.132. The number of carbonyl (C=O) groups excluding carboxylic acids is 2. The average Bonchev–Trinajstić information content (AvgIpc) is 2.75. The van der Waals surface area contributed by atoms with Gasteiger partial charge in [-0.3, -0.25) is 9.59 Å². The molecular weight excluding hydrogens is 360 g/mol. The van der Waals surface area contributed by atoms with Gasteiger partial charge in [0.05, 0.1) is 0 Å². The van der Waals surface area contributed by atoms with Crippen molar-refractivity contribution in [3.05, 3.63) is 35.9 Å². The van der Waals surface area contributed by atoms with E-state index in [0.717, 1.165) is 25.7 Å². The molecule has 3 nitrogen and oxygen atoms in total. The number of Topliss-reactive ketones (excluding diaryl/α,β-unsaturated/α-hetero) is 1. The monoisotopic (exact) mass is 398 g/mol. The third kappa shape index (κ3) is 14.6. The van der Waals surface area contributed by atoms with Gasteiger partial charge in [0, 0.05) is 24.8 Å². The minimum atomic E-state index is -0.271. The third-order valence-corrected chi connectivity index (χ3v) is 4.92. The Morgan fingerprint density at radius 2 is 1.31 bits per heavy atom. The Bertz CT molecular complexity index is 610. The molecule has 0 fully saturated rings. The summed E-state index contributed by atoms with van der Waals surface area (Å²) in [5.41, 5.74) is 0.584. The number of hydrogen-bond acceptors (Lipinski definition) is 3. The van der Waals surface area contributed by atoms with Crippen LogP contribution in [0.3, 0.4) is 0 Å². The third-order valence-electron chi connectivity index (χ3n) is 4.92. The van der Waals surface area contributed by atoms with Gasteiger partial charge in [0.25, 0.3) is 0 Å². The molecule has 0 N–H and O–H groups in total. The lowest BCUT2D eigenvalue weighted by Gasteiger charge is -2.05. The second-order valence-electron chi connectivity index (χ2n) is 7.59. The Labute approximate surface area is 177 Å². The number of carbonyl (C=O) groups is 2. The number of ketones is 1. The Morgan fingerprint density at radius 1 is 0.759 bits per heavy atom. The maximum Gasteiger partial charge on any atom is 0.306 e. The standard InChI is InChI=1S/C26H38O3/c1-2-3-4-5-6-7-8-9-10-11-12-13-14-15-19-22-26(28)29-23-25(27)24-20-17-16-18-21-24/h16-18,20-21H,2-4,7-15,19,22-23H2,1H3. The molecule has 0 aromatic heterocycles. The van der Waals surface area contributed by atoms with E-state index < -0.39 is 0 Å². The predicted octanol–water partition coefficient (Wildman–Crippen LogP) is 6.90. The Kier molecular flexibility index (Phi) is 15.5. The molecule has 1 aromatic carbocycles. The lowest BCUT2D eigenvalue weighted by molar-refractivity contribution is -0.142. The van der Waals surface area contributed by atoms with Crippen molar-refractivity contribution in [3.8, 4) is 11.8 Å². The lowest BCUT2D eigenvalue weighted by Crippen LogP contribution is -2.13. The molecular formula is C26H38O3. The van der Waals surface area contributed by atoms with Crippen LogP contribution in [-0.2, 0) is 9.53 Å². The van der Waals surface area contributed by atoms with Crippen LogP contribution in [0, 0.1) is 11.8 Å². The molecule has 0 aliphatic rings. The van der Waals surface area contributed by atoms with Crippen LogP contribution in [0.4, 0.5) is 0 Å². The zero-order valence-corrected chi connectivity index (χ0v) is 18.2. The Balaban J connectivity index is 1.86. The van der Waals surface area contributed by atoms with Crippen molar-refractivity contribution in [2.24, 2.45) is 0 Å². The summed E-state index contributed by atoms with van der Waals surface area (Å²) in [4.78, 5) is 23.6. The molecule has 3 heteroatoms. The van der Waals surface area contributed by atoms with Crippen molar-refractivity contribution >= 4 is 11.8 Å². The molecule has 1 rings (SSSR count). The molecule has 0 heterocycles. The predicted molar refractivity (Wildman–Crippen MR) is 120 cm³/mol. The van der Waals surface area contributed by atoms with Crippen LogP contribution in [-0.4, -0.2) is 18.4 Å². The first-order valence-electron chi connectivity index (χ1n) is 11.4. The van der Waals surface area contributed by atoms with E-state index in [4.69, 9.17) is 4.74 Å². The van der Waals surface area contributed by atoms with E-state index in [2.05, 4.69) is 18.8 Å². The Morgan fingerprint density at radius 3 is 1.93 bits per heavy atom. The fourth-order valence-electron chi connectivity index (χ4n) is 3.09. The maximum absolute atomic E-state index is 11.9. The number of esters is 1. The molecule has 0 radical (unpaired) electrons. The van der Waals surface area contributed by atoms with Gasteiger partial charge in [0.15, 0.2) is 12.4 Å². The number of ether oxygens (including phenoxy) is 1. The number of hydrogen-bond donors (Lipinski definition) is 0. The summed E-state index contributed by atoms with van der Waals surface area (Å²) in [5, 5.41) is 0. The van der Waals surface area contributed by atoms with Gasteiger partial charge in [-0.1, -0.05) is 88.6 Å². The first-order valence-corrected chi connectivity index (χ1v) is 11.4. The van der Waals surface area contributed by atoms with E-state index in [-0.39, 0.29) is 18.4 Å². The summed E-state index contributed by atoms with van der Waals surface area (Å²) < 4.78 is 5.08. The van der Waals surface area contributed by atoms with Crippen molar-refractivity contribution in [2.45, 2.75) is 96.8 Å². The highest BCUT2D eigenvalue weighted by molar-refractivity contribution is 5.97. The van der Waals surface area contributed by atoms with E-state index >= 15 is 0 Å². The second kappa shape index (κ2) is 18.0. The van der Waals surface area contributed by atoms with Gasteiger partial charge in [-0.25, -0.2) is 0 Å². The highest BCUT2D eigenvalue weighted by Crippen LogP contribution is 2.11. The highest BCUT2D eigenvalue weighted by atomic mass is 16.5. The first kappa shape index (κ1) is 25.0. The molecule has 0 spiro atoms. The normalized spacial score (nSPS) is 10.2. The first-order chi connectivity index (χ1) is 14.2. The molecule has 0 saturated carbocycles. The molecule has 0 amide bonds. The van der Waals surface area contributed by atoms with Gasteiger partial charge < -0.3 is 4.74 Å². The van der Waals surface area contributed by atoms with Crippen LogP contribution in [0.1, 0.15) is 107 Å². The summed E-state index contributed by atoms with van der Waals surface area (Å²) in [6.07, 6.45) is 15.7. The highest BCUT2D eigenvalue weighted by Gasteiger charge is 2.09. The van der Waals surface area contributed by atoms with Gasteiger partial charge in [-0.05, 0) is 19.3 Å². The SMILES string of the molecule is CCCCC#CCCCCCCCCCCCC(=O)OCC(=O)c1ccccc1. The van der Waals surface area contributed by atoms with Crippen molar-refractivity contribution < 1.29 is 14.3 Å². The van der Waals surface area contributed by atoms with E-state index in [1.807, 2.05) is 6.07 Å². The van der Waals surface area contributed by atoms with Crippen LogP contribution in [0.2, 0.25) is 0 Å². The molecule has 0 aliphatic carbocycles. The number of unbranched alkanes of at least 4 members (excludes halogenated alkanes) is 11. The van der Waals surface area contributed by atoms with Crippen LogP contribution < -0.4 is 0 Å². The fourth-order valence-corrected chi connectivity index (χ4v) is 3.09. The van der Waals surface area contributed by atoms with Crippen LogP contribution in [0.15, 0.2) is 30.3 Å². The summed E-state index contributed by atoms with van der Waals surface area (Å²) in [6.45, 7) is 2.04. The number of benzene rings is 1. The van der Waals surface area contributed by atoms with Crippen LogP contribution in [0.5, 0.6) is 0 Å². The molecule has 1 aromatic rings. The zero-order chi connectivity index (χ0) is 21.0. The van der Waals surface area contributed by atoms with E-state index in [1.54, 1.807) is 24.3 Å². The topological polar surface area (TPSA) is 43.4 Å². The van der Waals surface area contributed by atoms with Gasteiger partial charge in [0.2, 0.25) is 0 Å². The van der Waals surface area contributed by atoms with Gasteiger partial charge in [0.1, 0.15) is 0 Å². The van der Waals surface area contributed by atoms with Crippen molar-refractivity contribution in [1.82, 2.24) is 0 Å². The smallest absolute Gasteiger partial charge is 0.306 e. The minimum Gasteiger partial charge on any atom is -0.457 e. The summed E-state index contributed by atoms with van der Waals surface area (Å²) in [5.74, 6) is 6.10. The molecule has 0 unspecified atom stereocenters. The molecule has 160 valence electrons. The van der Waals surface area contributed by atoms with Gasteiger partial charge in [-0.2, -0.15) is 0 Å². The lowest BCUT2D eigenvalue weighted by atomic mass is 10.1. The van der Waals surface area contributed by atoms with E-state index in [9.17, 15) is 9.59 Å². The van der Waals surface area contributed by atoms with Crippen molar-refractivity contribution in [2.75, 3.05) is 6.61 Å². The molecule has 29 heavy (non-hydrogen) atoms. The zero-order valence-electron chi connectivity index (χ0n) is 18.2. The second-order valence-corrected chi connectivity index (χ2v) is 7.59. The largest absolute Gasteiger partial charge is 0.457 e. The molecule has 0 bridgehead atoms. The molecule has 0 saturated heterocycles. The number of rotatable bonds is 16.